The first-order valence-corrected chi connectivity index (χ1v) is 16.2. The fourth-order valence-electron chi connectivity index (χ4n) is 5.79. The van der Waals surface area contributed by atoms with Crippen LogP contribution in [0.1, 0.15) is 66.9 Å². The van der Waals surface area contributed by atoms with E-state index in [0.717, 1.165) is 11.1 Å². The monoisotopic (exact) mass is 623 g/mol. The van der Waals surface area contributed by atoms with E-state index in [4.69, 9.17) is 16.2 Å². The predicted molar refractivity (Wildman–Crippen MR) is 170 cm³/mol. The maximum atomic E-state index is 13.0. The predicted octanol–water partition coefficient (Wildman–Crippen LogP) is 4.27. The van der Waals surface area contributed by atoms with Gasteiger partial charge in [0.2, 0.25) is 5.72 Å². The third kappa shape index (κ3) is 8.17. The Bertz CT molecular complexity index is 1540. The number of aliphatic imine (C=N–C) groups is 1. The van der Waals surface area contributed by atoms with Gasteiger partial charge in [-0.1, -0.05) is 67.6 Å². The lowest BCUT2D eigenvalue weighted by Gasteiger charge is -2.31. The molecule has 0 amide bonds. The smallest absolute Gasteiger partial charge is 0.268 e. The van der Waals surface area contributed by atoms with Gasteiger partial charge in [-0.15, -0.1) is 0 Å². The van der Waals surface area contributed by atoms with E-state index in [-0.39, 0.29) is 43.5 Å². The lowest BCUT2D eigenvalue weighted by molar-refractivity contribution is 0.0576. The fourth-order valence-corrected chi connectivity index (χ4v) is 6.90. The zero-order valence-electron chi connectivity index (χ0n) is 24.7. The molecule has 8 N–H and O–H groups in total. The maximum absolute atomic E-state index is 13.0. The first-order chi connectivity index (χ1) is 20.9. The van der Waals surface area contributed by atoms with Gasteiger partial charge in [-0.2, -0.15) is 8.42 Å². The number of nitrogens with zero attached hydrogens (tertiary/aromatic N) is 1. The van der Waals surface area contributed by atoms with Gasteiger partial charge >= 0.3 is 0 Å². The Labute approximate surface area is 258 Å². The van der Waals surface area contributed by atoms with E-state index < -0.39 is 33.1 Å². The number of nitrogens with two attached hydrogens (primary N) is 2. The van der Waals surface area contributed by atoms with Crippen LogP contribution in [0.2, 0.25) is 0 Å². The molecule has 3 aromatic carbocycles. The number of guanidine groups is 1. The largest absolute Gasteiger partial charge is 0.508 e. The molecule has 4 aliphatic rings. The quantitative estimate of drug-likeness (QED) is 0.0875. The van der Waals surface area contributed by atoms with Crippen molar-refractivity contribution in [3.8, 4) is 11.5 Å². The van der Waals surface area contributed by atoms with E-state index >= 15 is 0 Å². The minimum Gasteiger partial charge on any atom is -0.508 e. The van der Waals surface area contributed by atoms with Crippen molar-refractivity contribution in [3.63, 3.8) is 0 Å². The summed E-state index contributed by atoms with van der Waals surface area (Å²) in [5, 5.41) is 28.9. The highest BCUT2D eigenvalue weighted by molar-refractivity contribution is 7.86. The van der Waals surface area contributed by atoms with E-state index in [1.54, 1.807) is 42.5 Å². The van der Waals surface area contributed by atoms with Crippen molar-refractivity contribution in [1.82, 2.24) is 0 Å². The highest BCUT2D eigenvalue weighted by Crippen LogP contribution is 2.38. The van der Waals surface area contributed by atoms with Gasteiger partial charge in [-0.25, -0.2) is 4.99 Å². The summed E-state index contributed by atoms with van der Waals surface area (Å²) in [5.74, 6) is -0.542. The number of hydrogen-bond acceptors (Lipinski definition) is 7. The van der Waals surface area contributed by atoms with Crippen LogP contribution in [0.3, 0.4) is 0 Å². The van der Waals surface area contributed by atoms with E-state index in [1.807, 2.05) is 31.2 Å². The van der Waals surface area contributed by atoms with Crippen LogP contribution in [0.25, 0.3) is 0 Å². The molecule has 0 fully saturated rings. The van der Waals surface area contributed by atoms with Crippen LogP contribution < -0.4 is 16.2 Å². The standard InChI is InChI=1S/C33H41N3O7S/c1-2-23-21-31(44(40,41)42)26(10-17-30(39)25-6-13-28(38)14-7-25)20-22-4-11-27(12-5-22)33(18-3-19-37,36-32(34)35)43-29-15-8-24(23)9-16-29/h4-17,23,26,30-31,37-39H,2-3,18-21H2,1H3,(H4,34,35,36)(H,40,41,42)/t23-,26-,30+,31+,33-/m0/s1. The second-order valence-corrected chi connectivity index (χ2v) is 12.8. The molecule has 236 valence electrons. The number of aromatic hydroxyl groups is 1. The number of ether oxygens (including phenoxy) is 1. The van der Waals surface area contributed by atoms with Gasteiger partial charge in [0.25, 0.3) is 10.1 Å². The second kappa shape index (κ2) is 14.3. The van der Waals surface area contributed by atoms with Crippen LogP contribution in [-0.4, -0.2) is 46.1 Å². The minimum absolute atomic E-state index is 0.0610. The van der Waals surface area contributed by atoms with Crippen molar-refractivity contribution >= 4 is 16.1 Å². The van der Waals surface area contributed by atoms with Crippen LogP contribution >= 0.6 is 0 Å². The number of aliphatic hydroxyl groups excluding tert-OH is 2. The van der Waals surface area contributed by atoms with Crippen LogP contribution in [0.5, 0.6) is 11.5 Å². The fraction of sp³-hybridized carbons (Fsp3) is 0.364. The zero-order valence-corrected chi connectivity index (χ0v) is 25.5. The second-order valence-electron chi connectivity index (χ2n) is 11.2. The molecule has 5 atom stereocenters. The maximum Gasteiger partial charge on any atom is 0.268 e. The Balaban J connectivity index is 1.85. The van der Waals surface area contributed by atoms with E-state index in [2.05, 4.69) is 4.99 Å². The van der Waals surface area contributed by atoms with Crippen molar-refractivity contribution in [1.29, 1.82) is 0 Å². The number of hydrogen-bond donors (Lipinski definition) is 6. The summed E-state index contributed by atoms with van der Waals surface area (Å²) in [7, 11) is -4.52. The number of rotatable bonds is 9. The van der Waals surface area contributed by atoms with Crippen molar-refractivity contribution in [2.24, 2.45) is 22.4 Å². The summed E-state index contributed by atoms with van der Waals surface area (Å²) in [6.07, 6.45) is 3.74. The Hall–Kier alpha value is -3.90. The number of phenols is 1. The van der Waals surface area contributed by atoms with E-state index in [0.29, 0.717) is 29.7 Å². The molecule has 44 heavy (non-hydrogen) atoms. The SMILES string of the molecule is CC[C@H]1C[C@@H](S(=O)(=O)O)[C@@H](C=C[C@@H](O)c2ccc(O)cc2)Cc2ccc(cc2)[C@@](CCCO)(N=C(N)N)Oc2ccc1cc2. The molecular weight excluding hydrogens is 582 g/mol. The Morgan fingerprint density at radius 1 is 1.07 bits per heavy atom. The Morgan fingerprint density at radius 3 is 2.30 bits per heavy atom. The lowest BCUT2D eigenvalue weighted by Crippen LogP contribution is -2.37. The first kappa shape index (κ1) is 33.0. The minimum atomic E-state index is -4.52. The summed E-state index contributed by atoms with van der Waals surface area (Å²) in [6, 6.07) is 20.6. The summed E-state index contributed by atoms with van der Waals surface area (Å²) in [5.41, 5.74) is 13.2. The van der Waals surface area contributed by atoms with Crippen molar-refractivity contribution < 1.29 is 33.0 Å². The van der Waals surface area contributed by atoms with Crippen molar-refractivity contribution in [3.05, 3.63) is 107 Å². The Morgan fingerprint density at radius 2 is 1.73 bits per heavy atom. The molecule has 4 heterocycles. The zero-order chi connectivity index (χ0) is 31.9. The summed E-state index contributed by atoms with van der Waals surface area (Å²) < 4.78 is 42.9. The van der Waals surface area contributed by atoms with Crippen LogP contribution in [0.15, 0.2) is 89.9 Å². The third-order valence-electron chi connectivity index (χ3n) is 8.14. The number of allylic oxidation sites excluding steroid dienone is 1. The Kier molecular flexibility index (Phi) is 10.7. The average Bonchev–Trinajstić information content (AvgIpc) is 2.99. The van der Waals surface area contributed by atoms with Crippen LogP contribution in [0.4, 0.5) is 0 Å². The summed E-state index contributed by atoms with van der Waals surface area (Å²) in [6.45, 7) is 1.86. The van der Waals surface area contributed by atoms with Gasteiger partial charge in [0.05, 0.1) is 11.4 Å². The van der Waals surface area contributed by atoms with Gasteiger partial charge in [-0.3, -0.25) is 4.55 Å². The molecule has 4 bridgehead atoms. The van der Waals surface area contributed by atoms with Gasteiger partial charge in [0.1, 0.15) is 11.5 Å². The molecule has 0 unspecified atom stereocenters. The molecule has 4 aliphatic heterocycles. The molecule has 0 radical (unpaired) electrons. The molecule has 0 spiro atoms. The highest BCUT2D eigenvalue weighted by Gasteiger charge is 2.36. The van der Waals surface area contributed by atoms with Crippen LogP contribution in [0, 0.1) is 5.92 Å². The molecule has 0 aliphatic carbocycles. The van der Waals surface area contributed by atoms with Gasteiger partial charge in [-0.05, 0) is 72.6 Å². The molecule has 7 rings (SSSR count). The summed E-state index contributed by atoms with van der Waals surface area (Å²) in [4.78, 5) is 4.49. The summed E-state index contributed by atoms with van der Waals surface area (Å²) >= 11 is 0. The number of phenolic OH excluding ortho intramolecular Hbond substituents is 1. The van der Waals surface area contributed by atoms with Gasteiger partial charge < -0.3 is 31.5 Å². The first-order valence-electron chi connectivity index (χ1n) is 14.7. The molecule has 10 nitrogen and oxygen atoms in total. The molecule has 0 saturated carbocycles. The molecule has 0 saturated heterocycles. The normalized spacial score (nSPS) is 23.0. The molecular formula is C33H41N3O7S. The molecule has 0 aromatic heterocycles. The highest BCUT2D eigenvalue weighted by atomic mass is 32.2. The van der Waals surface area contributed by atoms with Gasteiger partial charge in [0, 0.05) is 24.5 Å². The third-order valence-corrected chi connectivity index (χ3v) is 9.45. The van der Waals surface area contributed by atoms with Gasteiger partial charge in [0.15, 0.2) is 5.96 Å². The van der Waals surface area contributed by atoms with E-state index in [9.17, 15) is 28.3 Å². The number of benzene rings is 3. The number of aliphatic hydroxyl groups is 2. The van der Waals surface area contributed by atoms with Crippen molar-refractivity contribution in [2.45, 2.75) is 62.0 Å². The lowest BCUT2D eigenvalue weighted by atomic mass is 9.85. The topological polar surface area (TPSA) is 189 Å². The van der Waals surface area contributed by atoms with Crippen molar-refractivity contribution in [2.75, 3.05) is 6.61 Å². The van der Waals surface area contributed by atoms with E-state index in [1.165, 1.54) is 18.2 Å². The molecule has 3 aromatic rings. The average molecular weight is 624 g/mol. The molecule has 11 heteroatoms. The van der Waals surface area contributed by atoms with Crippen LogP contribution in [-0.2, 0) is 22.3 Å².